The van der Waals surface area contributed by atoms with Crippen molar-refractivity contribution in [1.29, 1.82) is 0 Å². The fourth-order valence-electron chi connectivity index (χ4n) is 3.10. The Balaban J connectivity index is 1.68. The van der Waals surface area contributed by atoms with E-state index in [4.69, 9.17) is 4.74 Å². The van der Waals surface area contributed by atoms with Crippen molar-refractivity contribution in [3.8, 4) is 5.75 Å². The topological polar surface area (TPSA) is 70.7 Å². The van der Waals surface area contributed by atoms with Crippen LogP contribution in [-0.4, -0.2) is 44.1 Å². The number of carbonyl (C=O) groups is 2. The molecule has 142 valence electrons. The second-order valence-electron chi connectivity index (χ2n) is 6.65. The number of methoxy groups -OCH3 is 1. The van der Waals surface area contributed by atoms with Gasteiger partial charge in [0.2, 0.25) is 5.91 Å². The molecule has 6 heteroatoms. The Hall–Kier alpha value is -2.34. The minimum absolute atomic E-state index is 0.136. The molecule has 6 nitrogen and oxygen atoms in total. The van der Waals surface area contributed by atoms with Crippen molar-refractivity contribution in [2.24, 2.45) is 0 Å². The van der Waals surface area contributed by atoms with Gasteiger partial charge in [-0.15, -0.1) is 0 Å². The number of urea groups is 1. The van der Waals surface area contributed by atoms with Crippen LogP contribution in [-0.2, 0) is 11.3 Å². The molecule has 0 spiro atoms. The van der Waals surface area contributed by atoms with Crippen molar-refractivity contribution in [3.05, 3.63) is 41.5 Å². The fraction of sp³-hybridized carbons (Fsp3) is 0.500. The van der Waals surface area contributed by atoms with Gasteiger partial charge in [-0.25, -0.2) is 4.79 Å². The quantitative estimate of drug-likeness (QED) is 0.700. The lowest BCUT2D eigenvalue weighted by atomic mass is 9.97. The smallest absolute Gasteiger partial charge is 0.321 e. The van der Waals surface area contributed by atoms with Crippen molar-refractivity contribution in [2.45, 2.75) is 38.6 Å². The fourth-order valence-corrected chi connectivity index (χ4v) is 3.10. The number of hydrogen-bond acceptors (Lipinski definition) is 4. The van der Waals surface area contributed by atoms with E-state index in [1.807, 2.05) is 36.2 Å². The summed E-state index contributed by atoms with van der Waals surface area (Å²) in [6.45, 7) is 1.26. The predicted octanol–water partition coefficient (Wildman–Crippen LogP) is 2.84. The van der Waals surface area contributed by atoms with E-state index >= 15 is 0 Å². The summed E-state index contributed by atoms with van der Waals surface area (Å²) in [4.78, 5) is 25.7. The van der Waals surface area contributed by atoms with Gasteiger partial charge < -0.3 is 10.1 Å². The maximum Gasteiger partial charge on any atom is 0.321 e. The molecule has 1 aliphatic carbocycles. The Labute approximate surface area is 155 Å². The number of ether oxygens (including phenoxy) is 1. The first kappa shape index (κ1) is 20.0. The minimum Gasteiger partial charge on any atom is -0.496 e. The summed E-state index contributed by atoms with van der Waals surface area (Å²) in [5.41, 5.74) is 2.40. The number of imide groups is 1. The zero-order chi connectivity index (χ0) is 18.8. The molecule has 3 amide bonds. The predicted molar refractivity (Wildman–Crippen MR) is 102 cm³/mol. The van der Waals surface area contributed by atoms with Crippen molar-refractivity contribution in [1.82, 2.24) is 15.5 Å². The number of allylic oxidation sites excluding steroid dienone is 1. The molecule has 0 heterocycles. The van der Waals surface area contributed by atoms with Crippen LogP contribution in [0.15, 0.2) is 35.9 Å². The number of benzene rings is 1. The van der Waals surface area contributed by atoms with Crippen molar-refractivity contribution in [2.75, 3.05) is 27.2 Å². The third-order valence-electron chi connectivity index (χ3n) is 4.42. The highest BCUT2D eigenvalue weighted by molar-refractivity contribution is 5.95. The Bertz CT molecular complexity index is 643. The van der Waals surface area contributed by atoms with Gasteiger partial charge in [0.1, 0.15) is 5.75 Å². The van der Waals surface area contributed by atoms with Crippen molar-refractivity contribution < 1.29 is 14.3 Å². The normalized spacial score (nSPS) is 13.9. The van der Waals surface area contributed by atoms with Gasteiger partial charge in [-0.3, -0.25) is 15.0 Å². The SMILES string of the molecule is COc1ccccc1CN(C)CC(=O)NC(=O)NCCC1=CCCCC1. The summed E-state index contributed by atoms with van der Waals surface area (Å²) in [5.74, 6) is 0.464. The molecule has 0 unspecified atom stereocenters. The molecule has 1 aromatic rings. The maximum atomic E-state index is 12.0. The summed E-state index contributed by atoms with van der Waals surface area (Å²) in [5, 5.41) is 5.13. The van der Waals surface area contributed by atoms with Crippen molar-refractivity contribution >= 4 is 11.9 Å². The van der Waals surface area contributed by atoms with Gasteiger partial charge >= 0.3 is 6.03 Å². The maximum absolute atomic E-state index is 12.0. The van der Waals surface area contributed by atoms with Crippen LogP contribution in [0.1, 0.15) is 37.7 Å². The molecule has 1 aliphatic rings. The summed E-state index contributed by atoms with van der Waals surface area (Å²) in [7, 11) is 3.46. The molecule has 1 aromatic carbocycles. The molecular formula is C20H29N3O3. The van der Waals surface area contributed by atoms with E-state index in [9.17, 15) is 9.59 Å². The second-order valence-corrected chi connectivity index (χ2v) is 6.65. The molecule has 2 N–H and O–H groups in total. The lowest BCUT2D eigenvalue weighted by Crippen LogP contribution is -2.44. The van der Waals surface area contributed by atoms with Gasteiger partial charge in [-0.1, -0.05) is 29.8 Å². The van der Waals surface area contributed by atoms with E-state index in [0.29, 0.717) is 13.1 Å². The minimum atomic E-state index is -0.433. The van der Waals surface area contributed by atoms with Crippen LogP contribution in [0.2, 0.25) is 0 Å². The Morgan fingerprint density at radius 2 is 2.04 bits per heavy atom. The van der Waals surface area contributed by atoms with Crippen LogP contribution < -0.4 is 15.4 Å². The molecule has 0 saturated carbocycles. The zero-order valence-electron chi connectivity index (χ0n) is 15.7. The van der Waals surface area contributed by atoms with Crippen LogP contribution in [0.4, 0.5) is 4.79 Å². The van der Waals surface area contributed by atoms with E-state index in [0.717, 1.165) is 30.6 Å². The number of nitrogens with zero attached hydrogens (tertiary/aromatic N) is 1. The van der Waals surface area contributed by atoms with Crippen LogP contribution in [0.5, 0.6) is 5.75 Å². The number of hydrogen-bond donors (Lipinski definition) is 2. The molecular weight excluding hydrogens is 330 g/mol. The van der Waals surface area contributed by atoms with Gasteiger partial charge in [0.25, 0.3) is 0 Å². The molecule has 0 radical (unpaired) electrons. The van der Waals surface area contributed by atoms with Crippen LogP contribution in [0.25, 0.3) is 0 Å². The molecule has 0 saturated heterocycles. The first-order valence-electron chi connectivity index (χ1n) is 9.14. The number of rotatable bonds is 8. The van der Waals surface area contributed by atoms with E-state index in [2.05, 4.69) is 16.7 Å². The van der Waals surface area contributed by atoms with E-state index in [1.165, 1.54) is 18.4 Å². The van der Waals surface area contributed by atoms with E-state index < -0.39 is 6.03 Å². The first-order chi connectivity index (χ1) is 12.6. The summed E-state index contributed by atoms with van der Waals surface area (Å²) in [6, 6.07) is 7.25. The lowest BCUT2D eigenvalue weighted by molar-refractivity contribution is -0.120. The highest BCUT2D eigenvalue weighted by Gasteiger charge is 2.12. The number of nitrogens with one attached hydrogen (secondary N) is 2. The number of amides is 3. The van der Waals surface area contributed by atoms with Gasteiger partial charge in [-0.05, 0) is 45.2 Å². The Kier molecular flexibility index (Phi) is 8.15. The molecule has 0 bridgehead atoms. The third-order valence-corrected chi connectivity index (χ3v) is 4.42. The van der Waals surface area contributed by atoms with Gasteiger partial charge in [0.15, 0.2) is 0 Å². The third kappa shape index (κ3) is 6.88. The van der Waals surface area contributed by atoms with E-state index in [1.54, 1.807) is 7.11 Å². The highest BCUT2D eigenvalue weighted by Crippen LogP contribution is 2.19. The van der Waals surface area contributed by atoms with Gasteiger partial charge in [0.05, 0.1) is 13.7 Å². The van der Waals surface area contributed by atoms with Crippen LogP contribution >= 0.6 is 0 Å². The zero-order valence-corrected chi connectivity index (χ0v) is 15.7. The van der Waals surface area contributed by atoms with Gasteiger partial charge in [-0.2, -0.15) is 0 Å². The monoisotopic (exact) mass is 359 g/mol. The highest BCUT2D eigenvalue weighted by atomic mass is 16.5. The molecule has 0 aliphatic heterocycles. The average molecular weight is 359 g/mol. The number of para-hydroxylation sites is 1. The Morgan fingerprint density at radius 1 is 1.23 bits per heavy atom. The molecule has 2 rings (SSSR count). The summed E-state index contributed by atoms with van der Waals surface area (Å²) < 4.78 is 5.31. The Morgan fingerprint density at radius 3 is 2.77 bits per heavy atom. The second kappa shape index (κ2) is 10.6. The average Bonchev–Trinajstić information content (AvgIpc) is 2.62. The summed E-state index contributed by atoms with van der Waals surface area (Å²) in [6.07, 6.45) is 7.87. The van der Waals surface area contributed by atoms with E-state index in [-0.39, 0.29) is 12.5 Å². The van der Waals surface area contributed by atoms with Crippen LogP contribution in [0.3, 0.4) is 0 Å². The largest absolute Gasteiger partial charge is 0.496 e. The standard InChI is InChI=1S/C20H29N3O3/c1-23(14-17-10-6-7-11-18(17)26-2)15-19(24)22-20(25)21-13-12-16-8-4-3-5-9-16/h6-8,10-11H,3-5,9,12-15H2,1-2H3,(H2,21,22,24,25). The molecule has 0 aromatic heterocycles. The number of carbonyl (C=O) groups excluding carboxylic acids is 2. The molecule has 26 heavy (non-hydrogen) atoms. The van der Waals surface area contributed by atoms with Gasteiger partial charge in [0, 0.05) is 18.7 Å². The molecule has 0 fully saturated rings. The number of likely N-dealkylation sites (N-methyl/N-ethyl adjacent to an activating group) is 1. The lowest BCUT2D eigenvalue weighted by Gasteiger charge is -2.18. The first-order valence-corrected chi connectivity index (χ1v) is 9.14. The molecule has 0 atom stereocenters. The van der Waals surface area contributed by atoms with Crippen LogP contribution in [0, 0.1) is 0 Å². The van der Waals surface area contributed by atoms with Crippen molar-refractivity contribution in [3.63, 3.8) is 0 Å². The summed E-state index contributed by atoms with van der Waals surface area (Å²) >= 11 is 0.